The summed E-state index contributed by atoms with van der Waals surface area (Å²) in [6.45, 7) is 6.79. The molecule has 12 rings (SSSR count). The standard InChI is InChI=1S/C54H64N6O18/c1-9-51-47-48-52(10-2,50(76-26-16-24(66)42(60(7)8)18(4)74-26)36-38(54(48,72)77-51)32-34(40(36)58-56)46(70)30-22(64)14-12-20(62)28(30)44(32)68)78-53(47,71)37-31-33(45(69)29-21(63)13-11-19(61)27(29)43(31)67)39(57-55)35(37)49(51)75-25-15-23(65)41(59(5)6)17(3)73-25/h11-14,17-18,23-26,41-42,47-50,57-58,61-66,69-72H,9-10,15-16,55-56H2,1-8H3/t17-,18+,23-,24+,25+,26-,41-,42+,47-,48-,49-,50-,51+,52+,53+,54+/m1/s1. The molecule has 24 nitrogen and oxygen atoms in total. The number of fused-ring (bicyclic) bond motifs is 8. The Bertz CT molecular complexity index is 3020. The SMILES string of the molecule is CC[C@@]12O[C@@]3(O)C4=C5C(=O)c6c(O)ccc(O)c6C([O-])=C5C([NH2+]N)=C4[C@@H](O[C@H]4C[C@@H](O)[C@H](N(C)C)[C@@H](C)O4)[C@@]4(CC)O[C@@](O)(C5=C6C(=O)c7c(O)ccc(O)c7C([O-])=C6C([NH2+]N)=C5[C@H]1O[C@@H]1C[C@H](O)[C@@H](N(C)C)[C@H](C)O1)[C@@H]2[C@H]43. The molecule has 2 aromatic rings. The van der Waals surface area contributed by atoms with Gasteiger partial charge >= 0.3 is 0 Å². The zero-order valence-electron chi connectivity index (χ0n) is 43.9. The van der Waals surface area contributed by atoms with E-state index in [1.165, 1.54) is 0 Å². The number of carbonyl (C=O) groups excluding carboxylic acids is 2. The lowest BCUT2D eigenvalue weighted by atomic mass is 9.56. The summed E-state index contributed by atoms with van der Waals surface area (Å²) in [5.74, 6) is -2.58. The number of quaternary nitrogens is 2. The van der Waals surface area contributed by atoms with Crippen LogP contribution in [0, 0.1) is 11.8 Å². The molecule has 0 spiro atoms. The summed E-state index contributed by atoms with van der Waals surface area (Å²) in [6, 6.07) is 3.13. The number of nitrogens with two attached hydrogens (primary N) is 4. The number of likely N-dealkylation sites (N-methyl/N-ethyl adjacent to an activating group) is 2. The average molecular weight is 1090 g/mol. The van der Waals surface area contributed by atoms with Crippen LogP contribution in [0.4, 0.5) is 0 Å². The number of aliphatic hydroxyl groups is 4. The third-order valence-electron chi connectivity index (χ3n) is 18.4. The molecule has 10 aliphatic rings. The number of rotatable bonds is 10. The number of allylic oxidation sites excluding steroid dienone is 2. The second-order valence-corrected chi connectivity index (χ2v) is 22.5. The molecule has 2 saturated carbocycles. The van der Waals surface area contributed by atoms with E-state index < -0.39 is 187 Å². The van der Waals surface area contributed by atoms with Gasteiger partial charge < -0.3 is 89.3 Å². The van der Waals surface area contributed by atoms with Gasteiger partial charge in [-0.3, -0.25) is 9.59 Å². The molecule has 78 heavy (non-hydrogen) atoms. The van der Waals surface area contributed by atoms with Gasteiger partial charge in [0.05, 0.1) is 70.6 Å². The number of ketones is 2. The Balaban J connectivity index is 1.17. The summed E-state index contributed by atoms with van der Waals surface area (Å²) in [4.78, 5) is 34.5. The van der Waals surface area contributed by atoms with E-state index in [2.05, 4.69) is 0 Å². The highest BCUT2D eigenvalue weighted by atomic mass is 16.7. The maximum absolute atomic E-state index is 15.4. The highest BCUT2D eigenvalue weighted by Gasteiger charge is 2.88. The summed E-state index contributed by atoms with van der Waals surface area (Å²) in [5.41, 5.74) is -7.66. The Morgan fingerprint density at radius 3 is 1.24 bits per heavy atom. The largest absolute Gasteiger partial charge is 0.871 e. The molecule has 2 aromatic carbocycles. The quantitative estimate of drug-likeness (QED) is 0.0620. The third-order valence-corrected chi connectivity index (χ3v) is 18.4. The predicted molar refractivity (Wildman–Crippen MR) is 262 cm³/mol. The van der Waals surface area contributed by atoms with Gasteiger partial charge in [0.15, 0.2) is 35.5 Å². The third kappa shape index (κ3) is 6.38. The van der Waals surface area contributed by atoms with Crippen LogP contribution in [0.5, 0.6) is 23.0 Å². The van der Waals surface area contributed by atoms with Gasteiger partial charge in [0.1, 0.15) is 46.4 Å². The Labute approximate surface area is 446 Å². The molecule has 0 unspecified atom stereocenters. The first-order chi connectivity index (χ1) is 36.8. The normalized spacial score (nSPS) is 39.4. The number of hydrogen-bond donors (Lipinski definition) is 12. The smallest absolute Gasteiger partial charge is 0.200 e. The fraction of sp³-hybridized carbons (Fsp3) is 0.519. The topological polar surface area (TPSA) is 389 Å². The molecule has 418 valence electrons. The molecule has 6 fully saturated rings. The summed E-state index contributed by atoms with van der Waals surface area (Å²) in [5, 5.41) is 128. The van der Waals surface area contributed by atoms with Gasteiger partial charge in [-0.15, -0.1) is 0 Å². The second-order valence-electron chi connectivity index (χ2n) is 22.5. The summed E-state index contributed by atoms with van der Waals surface area (Å²) < 4.78 is 42.1. The summed E-state index contributed by atoms with van der Waals surface area (Å²) in [7, 11) is 7.09. The van der Waals surface area contributed by atoms with E-state index in [1.807, 2.05) is 0 Å². The van der Waals surface area contributed by atoms with Crippen molar-refractivity contribution in [3.8, 4) is 23.0 Å². The van der Waals surface area contributed by atoms with Gasteiger partial charge in [-0.25, -0.2) is 10.9 Å². The molecule has 16 atom stereocenters. The monoisotopic (exact) mass is 1080 g/mol. The van der Waals surface area contributed by atoms with E-state index in [-0.39, 0.29) is 59.4 Å². The van der Waals surface area contributed by atoms with Gasteiger partial charge in [0, 0.05) is 57.4 Å². The number of benzene rings is 2. The number of aromatic hydroxyl groups is 4. The Morgan fingerprint density at radius 1 is 0.615 bits per heavy atom. The highest BCUT2D eigenvalue weighted by molar-refractivity contribution is 6.23. The van der Waals surface area contributed by atoms with Gasteiger partial charge in [0.2, 0.25) is 11.6 Å². The van der Waals surface area contributed by atoms with Crippen LogP contribution in [-0.4, -0.2) is 174 Å². The zero-order chi connectivity index (χ0) is 56.1. The molecule has 6 aliphatic carbocycles. The number of ether oxygens (including phenoxy) is 6. The lowest BCUT2D eigenvalue weighted by Crippen LogP contribution is -2.90. The van der Waals surface area contributed by atoms with E-state index in [0.717, 1.165) is 35.1 Å². The number of aliphatic hydroxyl groups excluding tert-OH is 2. The van der Waals surface area contributed by atoms with Gasteiger partial charge in [-0.1, -0.05) is 25.4 Å². The zero-order valence-corrected chi connectivity index (χ0v) is 43.9. The van der Waals surface area contributed by atoms with Gasteiger partial charge in [0.25, 0.3) is 0 Å². The maximum atomic E-state index is 15.4. The fourth-order valence-corrected chi connectivity index (χ4v) is 15.7. The number of phenolic OH excluding ortho intramolecular Hbond substituents is 4. The highest BCUT2D eigenvalue weighted by Crippen LogP contribution is 2.77. The van der Waals surface area contributed by atoms with Crippen molar-refractivity contribution in [3.05, 3.63) is 102 Å². The molecular weight excluding hydrogens is 1020 g/mol. The van der Waals surface area contributed by atoms with Crippen molar-refractivity contribution >= 4 is 23.1 Å². The van der Waals surface area contributed by atoms with Crippen LogP contribution in [0.25, 0.3) is 11.5 Å². The molecule has 16 N–H and O–H groups in total. The number of hydrogen-bond acceptors (Lipinski definition) is 22. The molecule has 0 amide bonds. The fourth-order valence-electron chi connectivity index (χ4n) is 15.7. The van der Waals surface area contributed by atoms with Crippen LogP contribution in [0.3, 0.4) is 0 Å². The minimum absolute atomic E-state index is 0.145. The van der Waals surface area contributed by atoms with Crippen molar-refractivity contribution in [2.24, 2.45) is 23.5 Å². The Kier molecular flexibility index (Phi) is 11.9. The number of Topliss-reactive ketones (excluding diaryl/α,β-unsaturated/α-hetero) is 2. The molecule has 0 aromatic heterocycles. The van der Waals surface area contributed by atoms with Crippen LogP contribution < -0.4 is 32.7 Å². The maximum Gasteiger partial charge on any atom is 0.200 e. The van der Waals surface area contributed by atoms with E-state index in [1.54, 1.807) is 65.7 Å². The first-order valence-corrected chi connectivity index (χ1v) is 26.1. The van der Waals surface area contributed by atoms with Crippen molar-refractivity contribution in [3.63, 3.8) is 0 Å². The van der Waals surface area contributed by atoms with Gasteiger partial charge in [-0.05, 0) is 79.1 Å². The number of phenols is 4. The molecule has 4 saturated heterocycles. The summed E-state index contributed by atoms with van der Waals surface area (Å²) >= 11 is 0. The number of nitrogens with zero attached hydrogens (tertiary/aromatic N) is 2. The van der Waals surface area contributed by atoms with Crippen molar-refractivity contribution < 1.29 is 99.9 Å². The molecule has 24 heteroatoms. The van der Waals surface area contributed by atoms with Crippen LogP contribution in [0.2, 0.25) is 0 Å². The molecular formula is C54H64N6O18. The molecule has 4 aliphatic heterocycles. The second kappa shape index (κ2) is 17.4. The first kappa shape index (κ1) is 53.0. The van der Waals surface area contributed by atoms with E-state index >= 15 is 19.8 Å². The lowest BCUT2D eigenvalue weighted by Gasteiger charge is -2.54. The lowest BCUT2D eigenvalue weighted by molar-refractivity contribution is -0.616. The minimum atomic E-state index is -2.89. The number of carbonyl (C=O) groups is 2. The van der Waals surface area contributed by atoms with E-state index in [9.17, 15) is 40.9 Å². The predicted octanol–water partition coefficient (Wildman–Crippen LogP) is -3.64. The van der Waals surface area contributed by atoms with Crippen molar-refractivity contribution in [2.45, 2.75) is 137 Å². The van der Waals surface area contributed by atoms with Crippen LogP contribution in [0.1, 0.15) is 85.2 Å². The van der Waals surface area contributed by atoms with E-state index in [0.29, 0.717) is 0 Å². The van der Waals surface area contributed by atoms with Gasteiger partial charge in [-0.2, -0.15) is 11.7 Å². The van der Waals surface area contributed by atoms with Crippen molar-refractivity contribution in [2.75, 3.05) is 28.2 Å². The minimum Gasteiger partial charge on any atom is -0.871 e. The Morgan fingerprint density at radius 2 is 0.949 bits per heavy atom. The van der Waals surface area contributed by atoms with Crippen LogP contribution >= 0.6 is 0 Å². The Hall–Kier alpha value is -5.62. The molecule has 0 radical (unpaired) electrons. The van der Waals surface area contributed by atoms with Crippen molar-refractivity contribution in [1.29, 1.82) is 0 Å². The summed E-state index contributed by atoms with van der Waals surface area (Å²) in [6.07, 6.45) is -10.3. The van der Waals surface area contributed by atoms with Crippen molar-refractivity contribution in [1.82, 2.24) is 9.80 Å². The first-order valence-electron chi connectivity index (χ1n) is 26.1. The molecule has 0 bridgehead atoms. The van der Waals surface area contributed by atoms with E-state index in [4.69, 9.17) is 40.1 Å². The molecule has 4 heterocycles. The van der Waals surface area contributed by atoms with Crippen LogP contribution in [-0.2, 0) is 28.4 Å². The van der Waals surface area contributed by atoms with Crippen LogP contribution in [0.15, 0.2) is 80.2 Å². The average Bonchev–Trinajstić information content (AvgIpc) is 1.58.